The number of carbonyl (C=O) groups is 1. The van der Waals surface area contributed by atoms with E-state index >= 15 is 0 Å². The van der Waals surface area contributed by atoms with E-state index in [1.165, 1.54) is 6.07 Å². The Morgan fingerprint density at radius 2 is 1.89 bits per heavy atom. The van der Waals surface area contributed by atoms with E-state index in [9.17, 15) is 14.7 Å². The molecule has 0 saturated heterocycles. The first-order valence-corrected chi connectivity index (χ1v) is 11.4. The van der Waals surface area contributed by atoms with E-state index in [1.807, 2.05) is 44.3 Å². The number of nitrogens with one attached hydrogen (secondary N) is 1. The van der Waals surface area contributed by atoms with Crippen LogP contribution in [-0.4, -0.2) is 45.0 Å². The van der Waals surface area contributed by atoms with Gasteiger partial charge in [0.25, 0.3) is 11.5 Å². The van der Waals surface area contributed by atoms with Gasteiger partial charge >= 0.3 is 0 Å². The predicted molar refractivity (Wildman–Crippen MR) is 130 cm³/mol. The summed E-state index contributed by atoms with van der Waals surface area (Å²) in [5.41, 5.74) is 2.09. The smallest absolute Gasteiger partial charge is 0.290 e. The highest BCUT2D eigenvalue weighted by Crippen LogP contribution is 2.33. The van der Waals surface area contributed by atoms with E-state index in [2.05, 4.69) is 5.32 Å². The summed E-state index contributed by atoms with van der Waals surface area (Å²) in [6, 6.07) is 15.7. The number of aromatic nitrogens is 2. The lowest BCUT2D eigenvalue weighted by Crippen LogP contribution is -2.31. The van der Waals surface area contributed by atoms with Crippen LogP contribution in [0.3, 0.4) is 0 Å². The number of anilines is 1. The number of aliphatic hydroxyl groups excluding tert-OH is 1. The lowest BCUT2D eigenvalue weighted by molar-refractivity contribution is -0.144. The van der Waals surface area contributed by atoms with Crippen LogP contribution in [0, 0.1) is 6.92 Å². The topological polar surface area (TPSA) is 115 Å². The second-order valence-electron chi connectivity index (χ2n) is 8.31. The third-order valence-corrected chi connectivity index (χ3v) is 6.01. The Labute approximate surface area is 202 Å². The third kappa shape index (κ3) is 5.16. The van der Waals surface area contributed by atoms with Gasteiger partial charge < -0.3 is 25.0 Å². The summed E-state index contributed by atoms with van der Waals surface area (Å²) < 4.78 is 15.0. The standard InChI is InChI=1S/C26H29N3O6/c1-17-24(26(33)29(28(17)2)19-9-4-3-5-10-19)18-15-22(35-23(16-18)34-14-8-13-30)25(32)27-20-11-6-7-12-21(20)31/h3-7,9-12,15,18,23,30-31H,8,13-14,16H2,1-2H3,(H,27,32)/t18-,23+/m0/s1. The molecule has 0 saturated carbocycles. The van der Waals surface area contributed by atoms with Gasteiger partial charge in [-0.15, -0.1) is 0 Å². The van der Waals surface area contributed by atoms with Crippen LogP contribution in [0.2, 0.25) is 0 Å². The molecule has 0 bridgehead atoms. The molecule has 3 aromatic rings. The lowest BCUT2D eigenvalue weighted by atomic mass is 9.93. The van der Waals surface area contributed by atoms with Gasteiger partial charge in [0, 0.05) is 37.3 Å². The van der Waals surface area contributed by atoms with E-state index in [1.54, 1.807) is 33.6 Å². The number of nitrogens with zero attached hydrogens (tertiary/aromatic N) is 2. The molecule has 184 valence electrons. The molecule has 2 aromatic carbocycles. The Kier molecular flexibility index (Phi) is 7.38. The van der Waals surface area contributed by atoms with Crippen LogP contribution in [0.15, 0.2) is 71.2 Å². The number of aliphatic hydroxyl groups is 1. The molecule has 0 fully saturated rings. The van der Waals surface area contributed by atoms with Crippen molar-refractivity contribution >= 4 is 11.6 Å². The van der Waals surface area contributed by atoms with Crippen LogP contribution in [0.5, 0.6) is 5.75 Å². The highest BCUT2D eigenvalue weighted by Gasteiger charge is 2.33. The van der Waals surface area contributed by atoms with E-state index in [0.717, 1.165) is 11.4 Å². The minimum Gasteiger partial charge on any atom is -0.506 e. The van der Waals surface area contributed by atoms with Crippen LogP contribution in [0.25, 0.3) is 5.69 Å². The molecule has 1 aliphatic heterocycles. The molecule has 9 nitrogen and oxygen atoms in total. The molecule has 3 N–H and O–H groups in total. The summed E-state index contributed by atoms with van der Waals surface area (Å²) in [6.45, 7) is 2.07. The van der Waals surface area contributed by atoms with Gasteiger partial charge in [0.2, 0.25) is 6.29 Å². The zero-order valence-corrected chi connectivity index (χ0v) is 19.7. The maximum Gasteiger partial charge on any atom is 0.290 e. The summed E-state index contributed by atoms with van der Waals surface area (Å²) in [4.78, 5) is 26.6. The number of hydrogen-bond donors (Lipinski definition) is 3. The van der Waals surface area contributed by atoms with Crippen LogP contribution < -0.4 is 10.9 Å². The molecule has 2 atom stereocenters. The first-order chi connectivity index (χ1) is 16.9. The average Bonchev–Trinajstić information content (AvgIpc) is 3.08. The predicted octanol–water partition coefficient (Wildman–Crippen LogP) is 2.94. The van der Waals surface area contributed by atoms with Crippen molar-refractivity contribution in [3.63, 3.8) is 0 Å². The molecule has 1 amide bonds. The first-order valence-electron chi connectivity index (χ1n) is 11.4. The van der Waals surface area contributed by atoms with E-state index in [4.69, 9.17) is 14.6 Å². The molecule has 9 heteroatoms. The molecule has 1 aliphatic rings. The number of benzene rings is 2. The summed E-state index contributed by atoms with van der Waals surface area (Å²) in [5, 5.41) is 21.8. The van der Waals surface area contributed by atoms with Crippen molar-refractivity contribution in [1.29, 1.82) is 0 Å². The van der Waals surface area contributed by atoms with Gasteiger partial charge in [0.15, 0.2) is 5.76 Å². The Morgan fingerprint density at radius 3 is 2.60 bits per heavy atom. The zero-order chi connectivity index (χ0) is 24.9. The van der Waals surface area contributed by atoms with E-state index < -0.39 is 18.1 Å². The second kappa shape index (κ2) is 10.6. The molecule has 35 heavy (non-hydrogen) atoms. The van der Waals surface area contributed by atoms with Crippen molar-refractivity contribution in [2.75, 3.05) is 18.5 Å². The monoisotopic (exact) mass is 479 g/mol. The first kappa shape index (κ1) is 24.3. The highest BCUT2D eigenvalue weighted by molar-refractivity contribution is 6.03. The number of amides is 1. The van der Waals surface area contributed by atoms with E-state index in [0.29, 0.717) is 18.4 Å². The number of hydrogen-bond acceptors (Lipinski definition) is 6. The normalized spacial score (nSPS) is 17.5. The fourth-order valence-electron chi connectivity index (χ4n) is 4.18. The summed E-state index contributed by atoms with van der Waals surface area (Å²) in [5.74, 6) is -1.10. The number of para-hydroxylation sites is 3. The van der Waals surface area contributed by atoms with Gasteiger partial charge in [-0.1, -0.05) is 30.3 Å². The summed E-state index contributed by atoms with van der Waals surface area (Å²) in [6.07, 6.45) is 1.58. The number of aromatic hydroxyl groups is 1. The minimum atomic E-state index is -0.786. The van der Waals surface area contributed by atoms with Gasteiger partial charge in [0.05, 0.1) is 18.0 Å². The van der Waals surface area contributed by atoms with Crippen LogP contribution in [0.4, 0.5) is 5.69 Å². The fourth-order valence-corrected chi connectivity index (χ4v) is 4.18. The number of phenols is 1. The third-order valence-electron chi connectivity index (χ3n) is 6.01. The summed E-state index contributed by atoms with van der Waals surface area (Å²) in [7, 11) is 1.82. The number of carbonyl (C=O) groups excluding carboxylic acids is 1. The molecule has 4 rings (SSSR count). The Bertz CT molecular complexity index is 1280. The van der Waals surface area contributed by atoms with Gasteiger partial charge in [-0.25, -0.2) is 4.68 Å². The van der Waals surface area contributed by atoms with Crippen molar-refractivity contribution in [1.82, 2.24) is 9.36 Å². The SMILES string of the molecule is Cc1c([C@H]2C=C(C(=O)Nc3ccccc3O)O[C@@H](OCCCO)C2)c(=O)n(-c2ccccc2)n1C. The Balaban J connectivity index is 1.70. The molecule has 0 radical (unpaired) electrons. The molecule has 0 aliphatic carbocycles. The highest BCUT2D eigenvalue weighted by atomic mass is 16.7. The maximum atomic E-state index is 13.6. The van der Waals surface area contributed by atoms with E-state index in [-0.39, 0.29) is 36.0 Å². The van der Waals surface area contributed by atoms with Crippen LogP contribution >= 0.6 is 0 Å². The van der Waals surface area contributed by atoms with Crippen LogP contribution in [0.1, 0.15) is 30.0 Å². The zero-order valence-electron chi connectivity index (χ0n) is 19.7. The molecular weight excluding hydrogens is 450 g/mol. The summed E-state index contributed by atoms with van der Waals surface area (Å²) >= 11 is 0. The number of ether oxygens (including phenoxy) is 2. The fraction of sp³-hybridized carbons (Fsp3) is 0.308. The number of rotatable bonds is 8. The van der Waals surface area contributed by atoms with Crippen molar-refractivity contribution in [2.45, 2.75) is 32.0 Å². The molecule has 2 heterocycles. The van der Waals surface area contributed by atoms with Gasteiger partial charge in [-0.3, -0.25) is 14.3 Å². The molecule has 0 spiro atoms. The van der Waals surface area contributed by atoms with Gasteiger partial charge in [-0.2, -0.15) is 0 Å². The van der Waals surface area contributed by atoms with Gasteiger partial charge in [-0.05, 0) is 43.7 Å². The van der Waals surface area contributed by atoms with Crippen LogP contribution in [-0.2, 0) is 21.3 Å². The molecule has 1 aromatic heterocycles. The average molecular weight is 480 g/mol. The Morgan fingerprint density at radius 1 is 1.17 bits per heavy atom. The second-order valence-corrected chi connectivity index (χ2v) is 8.31. The largest absolute Gasteiger partial charge is 0.506 e. The Hall–Kier alpha value is -3.82. The molecule has 0 unspecified atom stereocenters. The maximum absolute atomic E-state index is 13.6. The molecular formula is C26H29N3O6. The number of phenolic OH excluding ortho intramolecular Hbond substituents is 1. The quantitative estimate of drug-likeness (QED) is 0.338. The van der Waals surface area contributed by atoms with Crippen molar-refractivity contribution < 1.29 is 24.5 Å². The van der Waals surface area contributed by atoms with Crippen molar-refractivity contribution in [2.24, 2.45) is 7.05 Å². The van der Waals surface area contributed by atoms with Crippen molar-refractivity contribution in [3.8, 4) is 11.4 Å². The van der Waals surface area contributed by atoms with Crippen molar-refractivity contribution in [3.05, 3.63) is 88.0 Å². The number of allylic oxidation sites excluding steroid dienone is 1. The minimum absolute atomic E-state index is 0.00702. The van der Waals surface area contributed by atoms with Gasteiger partial charge in [0.1, 0.15) is 5.75 Å². The lowest BCUT2D eigenvalue weighted by Gasteiger charge is -2.29.